The first-order valence-electron chi connectivity index (χ1n) is 10.4. The van der Waals surface area contributed by atoms with E-state index in [9.17, 15) is 13.2 Å². The highest BCUT2D eigenvalue weighted by molar-refractivity contribution is 7.92. The predicted molar refractivity (Wildman–Crippen MR) is 126 cm³/mol. The second kappa shape index (κ2) is 10.3. The fraction of sp³-hybridized carbons (Fsp3) is 0.240. The molecule has 0 saturated carbocycles. The van der Waals surface area contributed by atoms with Gasteiger partial charge in [0, 0.05) is 0 Å². The fourth-order valence-electron chi connectivity index (χ4n) is 3.09. The number of sulfonamides is 1. The number of aryl methyl sites for hydroxylation is 2. The van der Waals surface area contributed by atoms with Gasteiger partial charge >= 0.3 is 0 Å². The highest BCUT2D eigenvalue weighted by Gasteiger charge is 2.27. The maximum Gasteiger partial charge on any atom is 0.264 e. The molecule has 7 heteroatoms. The van der Waals surface area contributed by atoms with Gasteiger partial charge in [-0.15, -0.1) is 0 Å². The van der Waals surface area contributed by atoms with Gasteiger partial charge in [0.25, 0.3) is 10.0 Å². The number of hydrogen-bond donors (Lipinski definition) is 1. The first kappa shape index (κ1) is 23.3. The van der Waals surface area contributed by atoms with Crippen LogP contribution in [0.2, 0.25) is 0 Å². The molecule has 1 amide bonds. The van der Waals surface area contributed by atoms with Crippen LogP contribution in [0.3, 0.4) is 0 Å². The number of rotatable bonds is 9. The van der Waals surface area contributed by atoms with E-state index in [0.29, 0.717) is 11.4 Å². The fourth-order valence-corrected chi connectivity index (χ4v) is 4.54. The summed E-state index contributed by atoms with van der Waals surface area (Å²) in [4.78, 5) is 12.9. The summed E-state index contributed by atoms with van der Waals surface area (Å²) in [5.41, 5.74) is 2.56. The van der Waals surface area contributed by atoms with Crippen molar-refractivity contribution < 1.29 is 17.9 Å². The summed E-state index contributed by atoms with van der Waals surface area (Å²) in [7, 11) is -3.92. The van der Waals surface area contributed by atoms with Crippen molar-refractivity contribution in [3.63, 3.8) is 0 Å². The third-order valence-corrected chi connectivity index (χ3v) is 6.66. The van der Waals surface area contributed by atoms with Crippen LogP contribution in [-0.4, -0.2) is 33.5 Å². The number of nitrogens with zero attached hydrogens (tertiary/aromatic N) is 1. The van der Waals surface area contributed by atoms with Crippen LogP contribution in [0.1, 0.15) is 18.1 Å². The molecule has 3 rings (SSSR count). The Kier molecular flexibility index (Phi) is 7.53. The average molecular weight is 453 g/mol. The molecule has 1 unspecified atom stereocenters. The molecular formula is C25H28N2O4S. The zero-order valence-corrected chi connectivity index (χ0v) is 19.3. The molecule has 0 aliphatic rings. The lowest BCUT2D eigenvalue weighted by Gasteiger charge is -2.25. The number of benzene rings is 3. The van der Waals surface area contributed by atoms with Crippen molar-refractivity contribution in [2.45, 2.75) is 31.7 Å². The Morgan fingerprint density at radius 1 is 0.906 bits per heavy atom. The van der Waals surface area contributed by atoms with Gasteiger partial charge in [-0.2, -0.15) is 0 Å². The van der Waals surface area contributed by atoms with Gasteiger partial charge in [0.1, 0.15) is 18.9 Å². The molecular weight excluding hydrogens is 424 g/mol. The summed E-state index contributed by atoms with van der Waals surface area (Å²) >= 11 is 0. The van der Waals surface area contributed by atoms with Gasteiger partial charge in [-0.1, -0.05) is 53.6 Å². The van der Waals surface area contributed by atoms with E-state index in [0.717, 1.165) is 15.4 Å². The molecule has 0 aromatic heterocycles. The normalized spacial score (nSPS) is 12.1. The van der Waals surface area contributed by atoms with Gasteiger partial charge < -0.3 is 10.1 Å². The Morgan fingerprint density at radius 3 is 2.06 bits per heavy atom. The number of amides is 1. The number of anilines is 1. The van der Waals surface area contributed by atoms with Crippen LogP contribution in [0.25, 0.3) is 0 Å². The number of hydrogen-bond acceptors (Lipinski definition) is 4. The molecule has 0 radical (unpaired) electrons. The zero-order valence-electron chi connectivity index (χ0n) is 18.5. The standard InChI is InChI=1S/C25H28N2O4S/c1-19-9-13-22(14-10-19)27(32(29,30)24-7-5-4-6-8-24)17-25(28)26-21(3)18-31-23-15-11-20(2)12-16-23/h4-16,21H,17-18H2,1-3H3,(H,26,28). The molecule has 0 spiro atoms. The molecule has 1 N–H and O–H groups in total. The van der Waals surface area contributed by atoms with Gasteiger partial charge in [0.15, 0.2) is 0 Å². The lowest BCUT2D eigenvalue weighted by molar-refractivity contribution is -0.120. The van der Waals surface area contributed by atoms with E-state index >= 15 is 0 Å². The van der Waals surface area contributed by atoms with Crippen molar-refractivity contribution in [3.8, 4) is 5.75 Å². The minimum Gasteiger partial charge on any atom is -0.491 e. The van der Waals surface area contributed by atoms with Crippen molar-refractivity contribution in [1.29, 1.82) is 0 Å². The van der Waals surface area contributed by atoms with Gasteiger partial charge in [0.2, 0.25) is 5.91 Å². The maximum absolute atomic E-state index is 13.3. The topological polar surface area (TPSA) is 75.7 Å². The van der Waals surface area contributed by atoms with Crippen LogP contribution in [0.5, 0.6) is 5.75 Å². The summed E-state index contributed by atoms with van der Waals surface area (Å²) in [6, 6.07) is 22.5. The lowest BCUT2D eigenvalue weighted by atomic mass is 10.2. The molecule has 3 aromatic carbocycles. The molecule has 0 saturated heterocycles. The first-order valence-corrected chi connectivity index (χ1v) is 11.8. The summed E-state index contributed by atoms with van der Waals surface area (Å²) in [5.74, 6) is 0.301. The predicted octanol–water partition coefficient (Wildman–Crippen LogP) is 4.08. The van der Waals surface area contributed by atoms with Gasteiger partial charge in [0.05, 0.1) is 16.6 Å². The third kappa shape index (κ3) is 6.11. The SMILES string of the molecule is Cc1ccc(OCC(C)NC(=O)CN(c2ccc(C)cc2)S(=O)(=O)c2ccccc2)cc1. The molecule has 6 nitrogen and oxygen atoms in total. The van der Waals surface area contributed by atoms with Crippen molar-refractivity contribution in [2.24, 2.45) is 0 Å². The molecule has 3 aromatic rings. The number of carbonyl (C=O) groups is 1. The van der Waals surface area contributed by atoms with Crippen LogP contribution in [-0.2, 0) is 14.8 Å². The molecule has 0 heterocycles. The molecule has 32 heavy (non-hydrogen) atoms. The van der Waals surface area contributed by atoms with E-state index in [1.807, 2.05) is 57.2 Å². The maximum atomic E-state index is 13.3. The van der Waals surface area contributed by atoms with Crippen LogP contribution >= 0.6 is 0 Å². The number of ether oxygens (including phenoxy) is 1. The Bertz CT molecular complexity index is 1130. The van der Waals surface area contributed by atoms with Crippen LogP contribution in [0.15, 0.2) is 83.8 Å². The van der Waals surface area contributed by atoms with E-state index in [1.165, 1.54) is 12.1 Å². The highest BCUT2D eigenvalue weighted by atomic mass is 32.2. The van der Waals surface area contributed by atoms with Gasteiger partial charge in [-0.25, -0.2) is 8.42 Å². The van der Waals surface area contributed by atoms with Crippen molar-refractivity contribution in [1.82, 2.24) is 5.32 Å². The minimum absolute atomic E-state index is 0.129. The van der Waals surface area contributed by atoms with Crippen molar-refractivity contribution >= 4 is 21.6 Å². The first-order chi connectivity index (χ1) is 15.3. The largest absolute Gasteiger partial charge is 0.491 e. The summed E-state index contributed by atoms with van der Waals surface area (Å²) in [6.45, 7) is 5.66. The Hall–Kier alpha value is -3.32. The van der Waals surface area contributed by atoms with Crippen LogP contribution in [0, 0.1) is 13.8 Å². The molecule has 0 fully saturated rings. The van der Waals surface area contributed by atoms with Gasteiger partial charge in [-0.05, 0) is 57.2 Å². The highest BCUT2D eigenvalue weighted by Crippen LogP contribution is 2.24. The zero-order chi connectivity index (χ0) is 23.1. The number of nitrogens with one attached hydrogen (secondary N) is 1. The number of carbonyl (C=O) groups excluding carboxylic acids is 1. The smallest absolute Gasteiger partial charge is 0.264 e. The molecule has 168 valence electrons. The summed E-state index contributed by atoms with van der Waals surface area (Å²) < 4.78 is 33.4. The van der Waals surface area contributed by atoms with E-state index in [1.54, 1.807) is 30.3 Å². The summed E-state index contributed by atoms with van der Waals surface area (Å²) in [6.07, 6.45) is 0. The molecule has 0 aliphatic carbocycles. The van der Waals surface area contributed by atoms with Crippen LogP contribution < -0.4 is 14.4 Å². The quantitative estimate of drug-likeness (QED) is 0.531. The summed E-state index contributed by atoms with van der Waals surface area (Å²) in [5, 5.41) is 2.83. The van der Waals surface area contributed by atoms with Crippen molar-refractivity contribution in [2.75, 3.05) is 17.5 Å². The second-order valence-corrected chi connectivity index (χ2v) is 9.62. The van der Waals surface area contributed by atoms with E-state index in [2.05, 4.69) is 5.32 Å². The van der Waals surface area contributed by atoms with Crippen LogP contribution in [0.4, 0.5) is 5.69 Å². The van der Waals surface area contributed by atoms with Crippen molar-refractivity contribution in [3.05, 3.63) is 90.0 Å². The molecule has 0 aliphatic heterocycles. The average Bonchev–Trinajstić information content (AvgIpc) is 2.78. The van der Waals surface area contributed by atoms with Gasteiger partial charge in [-0.3, -0.25) is 9.10 Å². The second-order valence-electron chi connectivity index (χ2n) is 7.75. The van der Waals surface area contributed by atoms with E-state index in [-0.39, 0.29) is 24.1 Å². The van der Waals surface area contributed by atoms with E-state index in [4.69, 9.17) is 4.74 Å². The monoisotopic (exact) mass is 452 g/mol. The Balaban J connectivity index is 1.72. The third-order valence-electron chi connectivity index (χ3n) is 4.87. The Labute approximate surface area is 189 Å². The minimum atomic E-state index is -3.92. The van der Waals surface area contributed by atoms with E-state index < -0.39 is 15.9 Å². The molecule has 1 atom stereocenters. The Morgan fingerprint density at radius 2 is 1.47 bits per heavy atom. The lowest BCUT2D eigenvalue weighted by Crippen LogP contribution is -2.45. The molecule has 0 bridgehead atoms.